The third kappa shape index (κ3) is 3.88. The lowest BCUT2D eigenvalue weighted by Gasteiger charge is -2.25. The Morgan fingerprint density at radius 2 is 1.46 bits per heavy atom. The molecular formula is C23H25N5. The first-order chi connectivity index (χ1) is 13.7. The lowest BCUT2D eigenvalue weighted by atomic mass is 10.1. The number of rotatable bonds is 7. The van der Waals surface area contributed by atoms with Gasteiger partial charge in [-0.2, -0.15) is 0 Å². The molecule has 0 spiro atoms. The SMILES string of the molecule is CCCc1nc(N(Cc2ccccc2)Cc2ccccc2)c2ncn(C)c2n1. The van der Waals surface area contributed by atoms with Gasteiger partial charge < -0.3 is 9.47 Å². The van der Waals surface area contributed by atoms with E-state index < -0.39 is 0 Å². The maximum atomic E-state index is 4.94. The first kappa shape index (κ1) is 18.2. The van der Waals surface area contributed by atoms with Crippen molar-refractivity contribution in [2.75, 3.05) is 4.90 Å². The van der Waals surface area contributed by atoms with Crippen LogP contribution in [0.2, 0.25) is 0 Å². The summed E-state index contributed by atoms with van der Waals surface area (Å²) in [6.07, 6.45) is 3.70. The minimum atomic E-state index is 0.768. The number of hydrogen-bond donors (Lipinski definition) is 0. The number of anilines is 1. The Bertz CT molecular complexity index is 999. The van der Waals surface area contributed by atoms with Gasteiger partial charge in [0.25, 0.3) is 0 Å². The van der Waals surface area contributed by atoms with Crippen LogP contribution in [0.5, 0.6) is 0 Å². The standard InChI is InChI=1S/C23H25N5/c1-3-10-20-25-22-21(24-17-27(22)2)23(26-20)28(15-18-11-6-4-7-12-18)16-19-13-8-5-9-14-19/h4-9,11-14,17H,3,10,15-16H2,1-2H3. The molecule has 0 unspecified atom stereocenters. The van der Waals surface area contributed by atoms with Crippen LogP contribution >= 0.6 is 0 Å². The largest absolute Gasteiger partial charge is 0.346 e. The van der Waals surface area contributed by atoms with Crippen molar-refractivity contribution in [1.29, 1.82) is 0 Å². The summed E-state index contributed by atoms with van der Waals surface area (Å²) in [4.78, 5) is 16.6. The summed E-state index contributed by atoms with van der Waals surface area (Å²) in [6, 6.07) is 21.0. The lowest BCUT2D eigenvalue weighted by molar-refractivity contribution is 0.765. The Labute approximate surface area is 165 Å². The minimum Gasteiger partial charge on any atom is -0.346 e. The van der Waals surface area contributed by atoms with E-state index in [1.807, 2.05) is 30.1 Å². The van der Waals surface area contributed by atoms with E-state index in [4.69, 9.17) is 9.97 Å². The zero-order valence-corrected chi connectivity index (χ0v) is 16.4. The van der Waals surface area contributed by atoms with Crippen molar-refractivity contribution in [1.82, 2.24) is 19.5 Å². The first-order valence-electron chi connectivity index (χ1n) is 9.75. The number of aromatic nitrogens is 4. The Kier molecular flexibility index (Phi) is 5.33. The van der Waals surface area contributed by atoms with Crippen molar-refractivity contribution in [3.05, 3.63) is 83.9 Å². The van der Waals surface area contributed by atoms with Gasteiger partial charge in [0.2, 0.25) is 0 Å². The summed E-state index contributed by atoms with van der Waals surface area (Å²) >= 11 is 0. The maximum Gasteiger partial charge on any atom is 0.165 e. The van der Waals surface area contributed by atoms with Crippen LogP contribution in [0.4, 0.5) is 5.82 Å². The molecule has 0 radical (unpaired) electrons. The number of benzene rings is 2. The van der Waals surface area contributed by atoms with E-state index in [1.54, 1.807) is 0 Å². The predicted octanol–water partition coefficient (Wildman–Crippen LogP) is 4.52. The van der Waals surface area contributed by atoms with Gasteiger partial charge in [-0.25, -0.2) is 15.0 Å². The third-order valence-corrected chi connectivity index (χ3v) is 4.79. The van der Waals surface area contributed by atoms with Crippen LogP contribution in [0, 0.1) is 0 Å². The summed E-state index contributed by atoms with van der Waals surface area (Å²) in [6.45, 7) is 3.69. The molecule has 0 aliphatic rings. The second-order valence-corrected chi connectivity index (χ2v) is 7.07. The van der Waals surface area contributed by atoms with Crippen molar-refractivity contribution in [3.8, 4) is 0 Å². The molecule has 0 saturated carbocycles. The van der Waals surface area contributed by atoms with Crippen LogP contribution in [-0.2, 0) is 26.6 Å². The molecule has 0 atom stereocenters. The van der Waals surface area contributed by atoms with Crippen LogP contribution in [0.3, 0.4) is 0 Å². The van der Waals surface area contributed by atoms with Crippen LogP contribution < -0.4 is 4.90 Å². The van der Waals surface area contributed by atoms with Gasteiger partial charge >= 0.3 is 0 Å². The average Bonchev–Trinajstić information content (AvgIpc) is 3.10. The van der Waals surface area contributed by atoms with E-state index in [9.17, 15) is 0 Å². The summed E-state index contributed by atoms with van der Waals surface area (Å²) < 4.78 is 1.98. The molecule has 0 aliphatic carbocycles. The highest BCUT2D eigenvalue weighted by molar-refractivity contribution is 5.83. The van der Waals surface area contributed by atoms with E-state index in [0.717, 1.165) is 48.7 Å². The molecule has 5 nitrogen and oxygen atoms in total. The summed E-state index contributed by atoms with van der Waals surface area (Å²) in [7, 11) is 1.99. The van der Waals surface area contributed by atoms with Crippen molar-refractivity contribution in [2.45, 2.75) is 32.9 Å². The highest BCUT2D eigenvalue weighted by Gasteiger charge is 2.18. The van der Waals surface area contributed by atoms with Gasteiger partial charge in [0.15, 0.2) is 17.0 Å². The Morgan fingerprint density at radius 1 is 0.857 bits per heavy atom. The number of imidazole rings is 1. The smallest absolute Gasteiger partial charge is 0.165 e. The zero-order chi connectivity index (χ0) is 19.3. The van der Waals surface area contributed by atoms with Crippen molar-refractivity contribution >= 4 is 17.0 Å². The van der Waals surface area contributed by atoms with E-state index in [2.05, 4.69) is 65.3 Å². The van der Waals surface area contributed by atoms with Crippen LogP contribution in [0.25, 0.3) is 11.2 Å². The Balaban J connectivity index is 1.80. The molecule has 5 heteroatoms. The lowest BCUT2D eigenvalue weighted by Crippen LogP contribution is -2.24. The van der Waals surface area contributed by atoms with Gasteiger partial charge in [-0.05, 0) is 17.5 Å². The molecule has 4 aromatic rings. The van der Waals surface area contributed by atoms with Crippen LogP contribution in [0.1, 0.15) is 30.3 Å². The van der Waals surface area contributed by atoms with Gasteiger partial charge in [0.05, 0.1) is 6.33 Å². The highest BCUT2D eigenvalue weighted by atomic mass is 15.2. The summed E-state index contributed by atoms with van der Waals surface area (Å²) in [5.41, 5.74) is 4.24. The molecule has 28 heavy (non-hydrogen) atoms. The van der Waals surface area contributed by atoms with E-state index >= 15 is 0 Å². The molecule has 2 aromatic heterocycles. The molecule has 0 aliphatic heterocycles. The maximum absolute atomic E-state index is 4.94. The molecule has 0 amide bonds. The molecular weight excluding hydrogens is 346 g/mol. The van der Waals surface area contributed by atoms with Crippen LogP contribution in [0.15, 0.2) is 67.0 Å². The van der Waals surface area contributed by atoms with E-state index in [0.29, 0.717) is 0 Å². The van der Waals surface area contributed by atoms with Crippen molar-refractivity contribution < 1.29 is 0 Å². The number of fused-ring (bicyclic) bond motifs is 1. The summed E-state index contributed by atoms with van der Waals surface area (Å²) in [5.74, 6) is 1.78. The second kappa shape index (κ2) is 8.21. The van der Waals surface area contributed by atoms with Gasteiger partial charge in [-0.1, -0.05) is 67.6 Å². The molecule has 0 bridgehead atoms. The fourth-order valence-electron chi connectivity index (χ4n) is 3.40. The van der Waals surface area contributed by atoms with E-state index in [1.165, 1.54) is 11.1 Å². The number of nitrogens with zero attached hydrogens (tertiary/aromatic N) is 5. The van der Waals surface area contributed by atoms with Gasteiger partial charge in [0.1, 0.15) is 5.82 Å². The zero-order valence-electron chi connectivity index (χ0n) is 16.4. The molecule has 0 saturated heterocycles. The molecule has 0 fully saturated rings. The average molecular weight is 371 g/mol. The molecule has 4 rings (SSSR count). The first-order valence-corrected chi connectivity index (χ1v) is 9.75. The fourth-order valence-corrected chi connectivity index (χ4v) is 3.40. The van der Waals surface area contributed by atoms with Crippen LogP contribution in [-0.4, -0.2) is 19.5 Å². The molecule has 142 valence electrons. The normalized spacial score (nSPS) is 11.1. The number of hydrogen-bond acceptors (Lipinski definition) is 4. The molecule has 0 N–H and O–H groups in total. The van der Waals surface area contributed by atoms with E-state index in [-0.39, 0.29) is 0 Å². The minimum absolute atomic E-state index is 0.768. The van der Waals surface area contributed by atoms with Crippen molar-refractivity contribution in [2.24, 2.45) is 7.05 Å². The Morgan fingerprint density at radius 3 is 2.04 bits per heavy atom. The monoisotopic (exact) mass is 371 g/mol. The number of aryl methyl sites for hydroxylation is 2. The van der Waals surface area contributed by atoms with Gasteiger partial charge in [0, 0.05) is 26.6 Å². The fraction of sp³-hybridized carbons (Fsp3) is 0.261. The Hall–Kier alpha value is -3.21. The highest BCUT2D eigenvalue weighted by Crippen LogP contribution is 2.26. The second-order valence-electron chi connectivity index (χ2n) is 7.07. The van der Waals surface area contributed by atoms with Gasteiger partial charge in [-0.3, -0.25) is 0 Å². The molecule has 2 aromatic carbocycles. The summed E-state index contributed by atoms with van der Waals surface area (Å²) in [5, 5.41) is 0. The van der Waals surface area contributed by atoms with Crippen molar-refractivity contribution in [3.63, 3.8) is 0 Å². The topological polar surface area (TPSA) is 46.8 Å². The van der Waals surface area contributed by atoms with Gasteiger partial charge in [-0.15, -0.1) is 0 Å². The molecule has 2 heterocycles. The quantitative estimate of drug-likeness (QED) is 0.479. The predicted molar refractivity (Wildman–Crippen MR) is 113 cm³/mol. The third-order valence-electron chi connectivity index (χ3n) is 4.79.